The number of nitrogens with zero attached hydrogens (tertiary/aromatic N) is 1. The molecule has 0 N–H and O–H groups in total. The molecule has 134 valence electrons. The number of ether oxygens (including phenoxy) is 1. The molecule has 0 aliphatic carbocycles. The number of hydrogen-bond acceptors (Lipinski definition) is 4. The number of methoxy groups -OCH3 is 1. The Morgan fingerprint density at radius 2 is 2.04 bits per heavy atom. The van der Waals surface area contributed by atoms with Crippen molar-refractivity contribution in [3.8, 4) is 5.75 Å². The van der Waals surface area contributed by atoms with Crippen LogP contribution in [-0.4, -0.2) is 24.5 Å². The lowest BCUT2D eigenvalue weighted by Gasteiger charge is -2.35. The molecule has 1 amide bonds. The maximum Gasteiger partial charge on any atom is 0.223 e. The van der Waals surface area contributed by atoms with Crippen molar-refractivity contribution in [2.45, 2.75) is 25.3 Å². The van der Waals surface area contributed by atoms with Gasteiger partial charge in [-0.25, -0.2) is 0 Å². The van der Waals surface area contributed by atoms with E-state index in [-0.39, 0.29) is 11.9 Å². The lowest BCUT2D eigenvalue weighted by Crippen LogP contribution is -2.39. The summed E-state index contributed by atoms with van der Waals surface area (Å²) < 4.78 is 5.42. The average Bonchev–Trinajstić information content (AvgIpc) is 3.37. The van der Waals surface area contributed by atoms with E-state index in [0.29, 0.717) is 12.8 Å². The molecule has 1 atom stereocenters. The Morgan fingerprint density at radius 1 is 1.15 bits per heavy atom. The monoisotopic (exact) mass is 383 g/mol. The molecule has 2 aromatic heterocycles. The first-order valence-corrected chi connectivity index (χ1v) is 10.5. The highest BCUT2D eigenvalue weighted by Crippen LogP contribution is 2.39. The van der Waals surface area contributed by atoms with Gasteiger partial charge in [0.05, 0.1) is 13.2 Å². The summed E-state index contributed by atoms with van der Waals surface area (Å²) in [5.41, 5.74) is 2.39. The van der Waals surface area contributed by atoms with Gasteiger partial charge in [-0.3, -0.25) is 4.79 Å². The van der Waals surface area contributed by atoms with Crippen LogP contribution in [0.5, 0.6) is 5.75 Å². The van der Waals surface area contributed by atoms with Gasteiger partial charge in [-0.05, 0) is 52.9 Å². The normalized spacial score (nSPS) is 16.3. The SMILES string of the molecule is COc1ccccc1CCC(=O)N1CCc2sccc2[C@H]1c1cccs1. The highest BCUT2D eigenvalue weighted by atomic mass is 32.1. The third-order valence-corrected chi connectivity index (χ3v) is 6.82. The molecule has 5 heteroatoms. The van der Waals surface area contributed by atoms with Crippen molar-refractivity contribution in [1.82, 2.24) is 4.90 Å². The van der Waals surface area contributed by atoms with Crippen LogP contribution in [0.1, 0.15) is 33.3 Å². The number of carbonyl (C=O) groups is 1. The van der Waals surface area contributed by atoms with Gasteiger partial charge in [-0.15, -0.1) is 22.7 Å². The molecule has 1 aliphatic rings. The van der Waals surface area contributed by atoms with E-state index in [2.05, 4.69) is 33.9 Å². The molecule has 3 aromatic rings. The van der Waals surface area contributed by atoms with Crippen LogP contribution >= 0.6 is 22.7 Å². The third kappa shape index (κ3) is 3.29. The van der Waals surface area contributed by atoms with Crippen molar-refractivity contribution in [1.29, 1.82) is 0 Å². The topological polar surface area (TPSA) is 29.5 Å². The van der Waals surface area contributed by atoms with E-state index >= 15 is 0 Å². The summed E-state index contributed by atoms with van der Waals surface area (Å²) in [6.07, 6.45) is 2.16. The predicted molar refractivity (Wildman–Crippen MR) is 107 cm³/mol. The molecule has 0 unspecified atom stereocenters. The van der Waals surface area contributed by atoms with Gasteiger partial charge < -0.3 is 9.64 Å². The summed E-state index contributed by atoms with van der Waals surface area (Å²) in [5, 5.41) is 4.24. The van der Waals surface area contributed by atoms with E-state index < -0.39 is 0 Å². The third-order valence-electron chi connectivity index (χ3n) is 4.90. The number of carbonyl (C=O) groups excluding carboxylic acids is 1. The van der Waals surface area contributed by atoms with Crippen molar-refractivity contribution in [2.24, 2.45) is 0 Å². The Labute approximate surface area is 161 Å². The predicted octanol–water partition coefficient (Wildman–Crippen LogP) is 4.93. The molecule has 1 aromatic carbocycles. The van der Waals surface area contributed by atoms with E-state index in [1.807, 2.05) is 24.3 Å². The van der Waals surface area contributed by atoms with Crippen LogP contribution in [0.4, 0.5) is 0 Å². The molecule has 1 aliphatic heterocycles. The number of hydrogen-bond donors (Lipinski definition) is 0. The molecular formula is C21H21NO2S2. The molecule has 0 bridgehead atoms. The number of aryl methyl sites for hydroxylation is 1. The lowest BCUT2D eigenvalue weighted by atomic mass is 9.97. The van der Waals surface area contributed by atoms with Crippen LogP contribution in [0, 0.1) is 0 Å². The Hall–Kier alpha value is -2.11. The molecule has 0 saturated carbocycles. The van der Waals surface area contributed by atoms with Gasteiger partial charge in [0.15, 0.2) is 0 Å². The van der Waals surface area contributed by atoms with Crippen LogP contribution in [0.25, 0.3) is 0 Å². The van der Waals surface area contributed by atoms with Crippen LogP contribution in [0.2, 0.25) is 0 Å². The Balaban J connectivity index is 1.55. The minimum absolute atomic E-state index is 0.0650. The van der Waals surface area contributed by atoms with E-state index in [1.165, 1.54) is 15.3 Å². The van der Waals surface area contributed by atoms with Gasteiger partial charge in [0.25, 0.3) is 0 Å². The molecule has 3 heterocycles. The first-order chi connectivity index (χ1) is 12.8. The zero-order chi connectivity index (χ0) is 17.9. The number of thiophene rings is 2. The van der Waals surface area contributed by atoms with Crippen molar-refractivity contribution < 1.29 is 9.53 Å². The van der Waals surface area contributed by atoms with E-state index in [0.717, 1.165) is 24.3 Å². The summed E-state index contributed by atoms with van der Waals surface area (Å²) in [7, 11) is 1.68. The van der Waals surface area contributed by atoms with Crippen molar-refractivity contribution >= 4 is 28.6 Å². The Morgan fingerprint density at radius 3 is 2.85 bits per heavy atom. The fourth-order valence-corrected chi connectivity index (χ4v) is 5.39. The summed E-state index contributed by atoms with van der Waals surface area (Å²) >= 11 is 3.53. The minimum Gasteiger partial charge on any atom is -0.496 e. The second-order valence-corrected chi connectivity index (χ2v) is 8.35. The van der Waals surface area contributed by atoms with Gasteiger partial charge in [0, 0.05) is 22.7 Å². The zero-order valence-corrected chi connectivity index (χ0v) is 16.3. The number of fused-ring (bicyclic) bond motifs is 1. The Bertz CT molecular complexity index is 885. The van der Waals surface area contributed by atoms with Gasteiger partial charge in [0.2, 0.25) is 5.91 Å². The van der Waals surface area contributed by atoms with Crippen LogP contribution < -0.4 is 4.74 Å². The highest BCUT2D eigenvalue weighted by molar-refractivity contribution is 7.10. The number of amides is 1. The van der Waals surface area contributed by atoms with Gasteiger partial charge in [0.1, 0.15) is 5.75 Å². The van der Waals surface area contributed by atoms with E-state index in [9.17, 15) is 4.79 Å². The zero-order valence-electron chi connectivity index (χ0n) is 14.7. The number of para-hydroxylation sites is 1. The molecule has 0 fully saturated rings. The standard InChI is InChI=1S/C21H21NO2S2/c1-24-17-6-3-2-5-15(17)8-9-20(23)22-12-10-18-16(11-14-26-18)21(22)19-7-4-13-25-19/h2-7,11,13-14,21H,8-10,12H2,1H3/t21-/m0/s1. The van der Waals surface area contributed by atoms with Crippen molar-refractivity contribution in [3.63, 3.8) is 0 Å². The second kappa shape index (κ2) is 7.64. The van der Waals surface area contributed by atoms with E-state index in [4.69, 9.17) is 4.74 Å². The first-order valence-electron chi connectivity index (χ1n) is 8.79. The molecule has 0 spiro atoms. The fraction of sp³-hybridized carbons (Fsp3) is 0.286. The molecule has 0 saturated heterocycles. The van der Waals surface area contributed by atoms with Crippen LogP contribution in [0.15, 0.2) is 53.2 Å². The molecule has 3 nitrogen and oxygen atoms in total. The lowest BCUT2D eigenvalue weighted by molar-refractivity contribution is -0.133. The second-order valence-electron chi connectivity index (χ2n) is 6.37. The minimum atomic E-state index is 0.0650. The molecule has 0 radical (unpaired) electrons. The fourth-order valence-electron chi connectivity index (χ4n) is 3.63. The summed E-state index contributed by atoms with van der Waals surface area (Å²) in [6, 6.07) is 14.4. The first kappa shape index (κ1) is 17.3. The molecular weight excluding hydrogens is 362 g/mol. The largest absolute Gasteiger partial charge is 0.496 e. The summed E-state index contributed by atoms with van der Waals surface area (Å²) in [5.74, 6) is 1.07. The summed E-state index contributed by atoms with van der Waals surface area (Å²) in [4.78, 5) is 17.8. The van der Waals surface area contributed by atoms with Gasteiger partial charge >= 0.3 is 0 Å². The van der Waals surface area contributed by atoms with E-state index in [1.54, 1.807) is 29.8 Å². The quantitative estimate of drug-likeness (QED) is 0.625. The van der Waals surface area contributed by atoms with Gasteiger partial charge in [-0.2, -0.15) is 0 Å². The van der Waals surface area contributed by atoms with Crippen LogP contribution in [0.3, 0.4) is 0 Å². The molecule has 4 rings (SSSR count). The maximum absolute atomic E-state index is 13.1. The Kier molecular flexibility index (Phi) is 5.09. The average molecular weight is 384 g/mol. The van der Waals surface area contributed by atoms with Crippen molar-refractivity contribution in [2.75, 3.05) is 13.7 Å². The highest BCUT2D eigenvalue weighted by Gasteiger charge is 2.33. The number of rotatable bonds is 5. The maximum atomic E-state index is 13.1. The van der Waals surface area contributed by atoms with Crippen molar-refractivity contribution in [3.05, 3.63) is 74.1 Å². The number of benzene rings is 1. The smallest absolute Gasteiger partial charge is 0.223 e. The van der Waals surface area contributed by atoms with Crippen LogP contribution in [-0.2, 0) is 17.6 Å². The summed E-state index contributed by atoms with van der Waals surface area (Å²) in [6.45, 7) is 0.792. The van der Waals surface area contributed by atoms with Gasteiger partial charge in [-0.1, -0.05) is 24.3 Å². The molecule has 26 heavy (non-hydrogen) atoms.